The zero-order chi connectivity index (χ0) is 21.6. The molecular weight excluding hydrogens is 504 g/mol. The maximum Gasteiger partial charge on any atom is 0.414 e. The van der Waals surface area contributed by atoms with Gasteiger partial charge in [-0.3, -0.25) is 10.2 Å². The van der Waals surface area contributed by atoms with E-state index in [1.54, 1.807) is 7.05 Å². The highest BCUT2D eigenvalue weighted by Gasteiger charge is 2.36. The van der Waals surface area contributed by atoms with E-state index in [0.29, 0.717) is 0 Å². The summed E-state index contributed by atoms with van der Waals surface area (Å²) in [5.41, 5.74) is 2.59. The van der Waals surface area contributed by atoms with Gasteiger partial charge in [0.25, 0.3) is 0 Å². The number of amides is 2. The van der Waals surface area contributed by atoms with Crippen LogP contribution in [0.25, 0.3) is 0 Å². The van der Waals surface area contributed by atoms with Crippen molar-refractivity contribution in [2.75, 3.05) is 17.3 Å². The Morgan fingerprint density at radius 1 is 0.862 bits per heavy atom. The third-order valence-electron chi connectivity index (χ3n) is 4.80. The smallest absolute Gasteiger partial charge is 0.414 e. The van der Waals surface area contributed by atoms with E-state index in [1.165, 1.54) is 4.90 Å². The zero-order valence-electron chi connectivity index (χ0n) is 16.8. The number of fused-ring (bicyclic) bond motifs is 2. The minimum atomic E-state index is -0.557. The first-order valence-electron chi connectivity index (χ1n) is 8.97. The lowest BCUT2D eigenvalue weighted by Crippen LogP contribution is -2.41. The fourth-order valence-corrected chi connectivity index (χ4v) is 4.01. The minimum Gasteiger partial charge on any atom is -0.438 e. The number of halogens is 2. The predicted molar refractivity (Wildman–Crippen MR) is 119 cm³/mol. The predicted octanol–water partition coefficient (Wildman–Crippen LogP) is 6.52. The van der Waals surface area contributed by atoms with Crippen LogP contribution in [0, 0.1) is 0 Å². The highest BCUT2D eigenvalue weighted by atomic mass is 79.9. The van der Waals surface area contributed by atoms with Gasteiger partial charge in [-0.25, -0.2) is 9.59 Å². The number of carbonyl (C=O) groups excluding carboxylic acids is 2. The molecule has 0 unspecified atom stereocenters. The van der Waals surface area contributed by atoms with Crippen molar-refractivity contribution in [2.24, 2.45) is 0 Å². The maximum absolute atomic E-state index is 11.6. The van der Waals surface area contributed by atoms with Crippen LogP contribution in [0.1, 0.15) is 38.8 Å². The van der Waals surface area contributed by atoms with Crippen LogP contribution in [-0.2, 0) is 20.7 Å². The van der Waals surface area contributed by atoms with Crippen molar-refractivity contribution < 1.29 is 19.1 Å². The molecule has 2 aliphatic rings. The number of ether oxygens (including phenoxy) is 2. The van der Waals surface area contributed by atoms with Crippen LogP contribution >= 0.6 is 31.9 Å². The van der Waals surface area contributed by atoms with Crippen molar-refractivity contribution >= 4 is 55.4 Å². The Hall–Kier alpha value is -2.06. The Labute approximate surface area is 186 Å². The number of nitrogens with zero attached hydrogens (tertiary/aromatic N) is 1. The summed E-state index contributed by atoms with van der Waals surface area (Å²) in [7, 11) is 1.71. The molecule has 1 N–H and O–H groups in total. The molecule has 2 aliphatic heterocycles. The second-order valence-corrected chi connectivity index (χ2v) is 9.64. The minimum absolute atomic E-state index is 0.314. The molecule has 0 saturated heterocycles. The van der Waals surface area contributed by atoms with Crippen molar-refractivity contribution in [1.29, 1.82) is 0 Å². The van der Waals surface area contributed by atoms with Crippen LogP contribution in [0.4, 0.5) is 21.0 Å². The lowest BCUT2D eigenvalue weighted by Gasteiger charge is -2.36. The van der Waals surface area contributed by atoms with Gasteiger partial charge in [-0.1, -0.05) is 44.0 Å². The van der Waals surface area contributed by atoms with E-state index in [-0.39, 0.29) is 6.09 Å². The first-order chi connectivity index (χ1) is 13.4. The SMILES string of the molecule is CC1(C)OC(=O)Nc2cc(Br)ccc21.CN1C(=O)OC(C)(C)c2ccc(Br)cc21. The summed E-state index contributed by atoms with van der Waals surface area (Å²) < 4.78 is 12.4. The van der Waals surface area contributed by atoms with Gasteiger partial charge in [0.05, 0.1) is 11.4 Å². The molecule has 0 bridgehead atoms. The molecule has 0 fully saturated rings. The third kappa shape index (κ3) is 4.43. The van der Waals surface area contributed by atoms with Gasteiger partial charge >= 0.3 is 12.2 Å². The standard InChI is InChI=1S/C11H12BrNO2.C10H10BrNO2/c1-11(2)8-5-4-7(12)6-9(8)13(3)10(14)15-11;1-10(2)7-4-3-6(11)5-8(7)12-9(13)14-10/h4-6H,1-3H3;3-5H,1-2H3,(H,12,13). The van der Waals surface area contributed by atoms with Gasteiger partial charge in [0, 0.05) is 27.1 Å². The Kier molecular flexibility index (Phi) is 5.71. The van der Waals surface area contributed by atoms with Crippen LogP contribution in [0.5, 0.6) is 0 Å². The summed E-state index contributed by atoms with van der Waals surface area (Å²) in [5, 5.41) is 2.67. The number of hydrogen-bond donors (Lipinski definition) is 1. The fraction of sp³-hybridized carbons (Fsp3) is 0.333. The number of rotatable bonds is 0. The molecule has 2 amide bonds. The fourth-order valence-electron chi connectivity index (χ4n) is 3.30. The molecule has 6 nitrogen and oxygen atoms in total. The van der Waals surface area contributed by atoms with Crippen LogP contribution in [0.3, 0.4) is 0 Å². The first kappa shape index (κ1) is 21.6. The van der Waals surface area contributed by atoms with Gasteiger partial charge in [0.2, 0.25) is 0 Å². The number of carbonyl (C=O) groups is 2. The van der Waals surface area contributed by atoms with Crippen LogP contribution < -0.4 is 10.2 Å². The topological polar surface area (TPSA) is 67.9 Å². The van der Waals surface area contributed by atoms with E-state index in [1.807, 2.05) is 64.1 Å². The molecule has 4 rings (SSSR count). The van der Waals surface area contributed by atoms with Crippen molar-refractivity contribution in [3.05, 3.63) is 56.5 Å². The molecular formula is C21H22Br2N2O4. The van der Waals surface area contributed by atoms with E-state index < -0.39 is 17.3 Å². The molecule has 0 atom stereocenters. The van der Waals surface area contributed by atoms with E-state index in [4.69, 9.17) is 9.47 Å². The lowest BCUT2D eigenvalue weighted by molar-refractivity contribution is 0.0360. The molecule has 154 valence electrons. The Bertz CT molecular complexity index is 989. The Morgan fingerprint density at radius 2 is 1.41 bits per heavy atom. The van der Waals surface area contributed by atoms with Crippen molar-refractivity contribution in [1.82, 2.24) is 0 Å². The van der Waals surface area contributed by atoms with Gasteiger partial charge in [-0.2, -0.15) is 0 Å². The summed E-state index contributed by atoms with van der Waals surface area (Å²) in [5.74, 6) is 0. The van der Waals surface area contributed by atoms with E-state index in [9.17, 15) is 9.59 Å². The van der Waals surface area contributed by atoms with Gasteiger partial charge < -0.3 is 9.47 Å². The summed E-state index contributed by atoms with van der Waals surface area (Å²) in [6, 6.07) is 11.6. The molecule has 0 aliphatic carbocycles. The van der Waals surface area contributed by atoms with Crippen molar-refractivity contribution in [3.63, 3.8) is 0 Å². The molecule has 29 heavy (non-hydrogen) atoms. The van der Waals surface area contributed by atoms with Gasteiger partial charge in [-0.15, -0.1) is 0 Å². The van der Waals surface area contributed by atoms with Crippen molar-refractivity contribution in [2.45, 2.75) is 38.9 Å². The van der Waals surface area contributed by atoms with Crippen LogP contribution in [0.2, 0.25) is 0 Å². The number of nitrogens with one attached hydrogen (secondary N) is 1. The monoisotopic (exact) mass is 524 g/mol. The van der Waals surface area contributed by atoms with Gasteiger partial charge in [0.15, 0.2) is 0 Å². The van der Waals surface area contributed by atoms with E-state index in [2.05, 4.69) is 37.2 Å². The Balaban J connectivity index is 0.000000166. The average molecular weight is 526 g/mol. The summed E-state index contributed by atoms with van der Waals surface area (Å²) >= 11 is 6.75. The van der Waals surface area contributed by atoms with Crippen LogP contribution in [0.15, 0.2) is 45.3 Å². The van der Waals surface area contributed by atoms with Gasteiger partial charge in [0.1, 0.15) is 11.2 Å². The summed E-state index contributed by atoms with van der Waals surface area (Å²) in [6.45, 7) is 7.53. The average Bonchev–Trinajstić information content (AvgIpc) is 2.58. The number of hydrogen-bond acceptors (Lipinski definition) is 4. The molecule has 2 heterocycles. The molecule has 0 spiro atoms. The summed E-state index contributed by atoms with van der Waals surface area (Å²) in [4.78, 5) is 24.3. The zero-order valence-corrected chi connectivity index (χ0v) is 20.0. The molecule has 0 aromatic heterocycles. The number of cyclic esters (lactones) is 2. The largest absolute Gasteiger partial charge is 0.438 e. The molecule has 0 saturated carbocycles. The normalized spacial score (nSPS) is 18.2. The van der Waals surface area contributed by atoms with Crippen LogP contribution in [-0.4, -0.2) is 19.2 Å². The second-order valence-electron chi connectivity index (χ2n) is 7.81. The van der Waals surface area contributed by atoms with E-state index in [0.717, 1.165) is 31.4 Å². The lowest BCUT2D eigenvalue weighted by atomic mass is 9.94. The first-order valence-corrected chi connectivity index (χ1v) is 10.6. The highest BCUT2D eigenvalue weighted by molar-refractivity contribution is 9.10. The summed E-state index contributed by atoms with van der Waals surface area (Å²) in [6.07, 6.45) is -0.716. The molecule has 0 radical (unpaired) electrons. The van der Waals surface area contributed by atoms with E-state index >= 15 is 0 Å². The molecule has 8 heteroatoms. The Morgan fingerprint density at radius 3 is 2.07 bits per heavy atom. The quantitative estimate of drug-likeness (QED) is 0.425. The van der Waals surface area contributed by atoms with Gasteiger partial charge in [-0.05, 0) is 52.0 Å². The second kappa shape index (κ2) is 7.65. The molecule has 2 aromatic carbocycles. The molecule has 2 aromatic rings. The third-order valence-corrected chi connectivity index (χ3v) is 5.79. The van der Waals surface area contributed by atoms with Crippen molar-refractivity contribution in [3.8, 4) is 0 Å². The highest BCUT2D eigenvalue weighted by Crippen LogP contribution is 2.39. The number of benzene rings is 2. The maximum atomic E-state index is 11.6. The number of anilines is 2.